The molecular weight excluding hydrogens is 142 g/mol. The maximum atomic E-state index is 10.4. The second-order valence-electron chi connectivity index (χ2n) is 3.75. The number of carbonyl (C=O) groups is 1. The van der Waals surface area contributed by atoms with Crippen molar-refractivity contribution in [1.29, 1.82) is 0 Å². The summed E-state index contributed by atoms with van der Waals surface area (Å²) in [5.74, 6) is 0. The van der Waals surface area contributed by atoms with Crippen LogP contribution in [0.25, 0.3) is 0 Å². The van der Waals surface area contributed by atoms with Gasteiger partial charge in [0.25, 0.3) is 0 Å². The second-order valence-corrected chi connectivity index (χ2v) is 3.75. The SMILES string of the molecule is CN1C[C@H](C=O)OC(C)(C)C1. The van der Waals surface area contributed by atoms with Gasteiger partial charge in [0, 0.05) is 13.1 Å². The maximum Gasteiger partial charge on any atom is 0.150 e. The number of hydrogen-bond donors (Lipinski definition) is 0. The number of ether oxygens (including phenoxy) is 1. The molecule has 0 aromatic carbocycles. The Kier molecular flexibility index (Phi) is 2.30. The summed E-state index contributed by atoms with van der Waals surface area (Å²) < 4.78 is 5.48. The van der Waals surface area contributed by atoms with Crippen molar-refractivity contribution in [3.8, 4) is 0 Å². The lowest BCUT2D eigenvalue weighted by Crippen LogP contribution is -2.51. The molecule has 3 heteroatoms. The summed E-state index contributed by atoms with van der Waals surface area (Å²) in [6.07, 6.45) is 0.626. The lowest BCUT2D eigenvalue weighted by molar-refractivity contribution is -0.148. The van der Waals surface area contributed by atoms with Crippen LogP contribution in [0.15, 0.2) is 0 Å². The molecule has 0 aliphatic carbocycles. The number of rotatable bonds is 1. The van der Waals surface area contributed by atoms with Crippen LogP contribution in [-0.4, -0.2) is 43.0 Å². The molecule has 0 spiro atoms. The van der Waals surface area contributed by atoms with Crippen molar-refractivity contribution in [2.24, 2.45) is 0 Å². The van der Waals surface area contributed by atoms with E-state index in [1.807, 2.05) is 20.9 Å². The molecule has 1 aliphatic heterocycles. The zero-order valence-corrected chi connectivity index (χ0v) is 7.33. The van der Waals surface area contributed by atoms with Crippen LogP contribution in [0.4, 0.5) is 0 Å². The van der Waals surface area contributed by atoms with Gasteiger partial charge in [0.2, 0.25) is 0 Å². The molecule has 1 rings (SSSR count). The minimum atomic E-state index is -0.247. The van der Waals surface area contributed by atoms with Gasteiger partial charge in [-0.2, -0.15) is 0 Å². The van der Waals surface area contributed by atoms with Gasteiger partial charge in [-0.1, -0.05) is 0 Å². The monoisotopic (exact) mass is 157 g/mol. The summed E-state index contributed by atoms with van der Waals surface area (Å²) in [6, 6.07) is 0. The van der Waals surface area contributed by atoms with Crippen molar-refractivity contribution in [2.45, 2.75) is 25.6 Å². The minimum absolute atomic E-state index is 0.182. The van der Waals surface area contributed by atoms with Gasteiger partial charge in [-0.15, -0.1) is 0 Å². The van der Waals surface area contributed by atoms with Crippen LogP contribution in [-0.2, 0) is 9.53 Å². The average molecular weight is 157 g/mol. The minimum Gasteiger partial charge on any atom is -0.362 e. The highest BCUT2D eigenvalue weighted by atomic mass is 16.5. The van der Waals surface area contributed by atoms with E-state index >= 15 is 0 Å². The van der Waals surface area contributed by atoms with Gasteiger partial charge in [0.15, 0.2) is 0 Å². The van der Waals surface area contributed by atoms with Crippen LogP contribution in [0, 0.1) is 0 Å². The zero-order chi connectivity index (χ0) is 8.48. The smallest absolute Gasteiger partial charge is 0.150 e. The van der Waals surface area contributed by atoms with Gasteiger partial charge in [-0.3, -0.25) is 0 Å². The highest BCUT2D eigenvalue weighted by Crippen LogP contribution is 2.18. The molecule has 0 aromatic heterocycles. The first-order valence-corrected chi connectivity index (χ1v) is 3.85. The summed E-state index contributed by atoms with van der Waals surface area (Å²) in [5, 5.41) is 0. The fourth-order valence-corrected chi connectivity index (χ4v) is 1.58. The molecule has 3 nitrogen and oxygen atoms in total. The van der Waals surface area contributed by atoms with Gasteiger partial charge in [-0.25, -0.2) is 0 Å². The summed E-state index contributed by atoms with van der Waals surface area (Å²) >= 11 is 0. The number of nitrogens with zero attached hydrogens (tertiary/aromatic N) is 1. The van der Waals surface area contributed by atoms with E-state index in [0.717, 1.165) is 12.8 Å². The molecule has 0 radical (unpaired) electrons. The molecule has 1 aliphatic rings. The molecule has 0 unspecified atom stereocenters. The Labute approximate surface area is 67.3 Å². The Hall–Kier alpha value is -0.410. The standard InChI is InChI=1S/C8H15NO2/c1-8(2)6-9(3)4-7(5-10)11-8/h5,7H,4,6H2,1-3H3/t7-/m1/s1. The third-order valence-corrected chi connectivity index (χ3v) is 1.76. The molecule has 0 aromatic rings. The number of aldehydes is 1. The Morgan fingerprint density at radius 3 is 2.73 bits per heavy atom. The molecule has 1 atom stereocenters. The van der Waals surface area contributed by atoms with Crippen molar-refractivity contribution in [1.82, 2.24) is 4.90 Å². The first kappa shape index (κ1) is 8.68. The van der Waals surface area contributed by atoms with E-state index in [0.29, 0.717) is 6.54 Å². The normalized spacial score (nSPS) is 31.7. The fraction of sp³-hybridized carbons (Fsp3) is 0.875. The highest BCUT2D eigenvalue weighted by molar-refractivity contribution is 5.56. The molecule has 11 heavy (non-hydrogen) atoms. The lowest BCUT2D eigenvalue weighted by atomic mass is 10.1. The molecule has 0 N–H and O–H groups in total. The predicted octanol–water partition coefficient (Wildman–Crippen LogP) is 0.294. The average Bonchev–Trinajstić information content (AvgIpc) is 1.83. The van der Waals surface area contributed by atoms with E-state index in [-0.39, 0.29) is 11.7 Å². The van der Waals surface area contributed by atoms with Crippen LogP contribution >= 0.6 is 0 Å². The van der Waals surface area contributed by atoms with E-state index in [1.54, 1.807) is 0 Å². The van der Waals surface area contributed by atoms with E-state index < -0.39 is 0 Å². The van der Waals surface area contributed by atoms with E-state index in [4.69, 9.17) is 4.74 Å². The summed E-state index contributed by atoms with van der Waals surface area (Å²) in [4.78, 5) is 12.6. The Bertz CT molecular complexity index is 156. The van der Waals surface area contributed by atoms with E-state index in [1.165, 1.54) is 0 Å². The fourth-order valence-electron chi connectivity index (χ4n) is 1.58. The van der Waals surface area contributed by atoms with Gasteiger partial charge in [0.05, 0.1) is 5.60 Å². The van der Waals surface area contributed by atoms with Crippen molar-refractivity contribution >= 4 is 6.29 Å². The summed E-state index contributed by atoms with van der Waals surface area (Å²) in [5.41, 5.74) is -0.182. The van der Waals surface area contributed by atoms with Gasteiger partial charge in [0.1, 0.15) is 12.4 Å². The number of hydrogen-bond acceptors (Lipinski definition) is 3. The summed E-state index contributed by atoms with van der Waals surface area (Å²) in [7, 11) is 2.00. The van der Waals surface area contributed by atoms with Gasteiger partial charge in [-0.05, 0) is 20.9 Å². The van der Waals surface area contributed by atoms with Gasteiger partial charge >= 0.3 is 0 Å². The first-order chi connectivity index (χ1) is 5.03. The Morgan fingerprint density at radius 2 is 2.27 bits per heavy atom. The van der Waals surface area contributed by atoms with Crippen LogP contribution in [0.5, 0.6) is 0 Å². The van der Waals surface area contributed by atoms with E-state index in [9.17, 15) is 4.79 Å². The number of morpholine rings is 1. The molecular formula is C8H15NO2. The molecule has 0 bridgehead atoms. The molecule has 1 saturated heterocycles. The Morgan fingerprint density at radius 1 is 1.64 bits per heavy atom. The van der Waals surface area contributed by atoms with Gasteiger partial charge < -0.3 is 14.4 Å². The molecule has 1 fully saturated rings. The highest BCUT2D eigenvalue weighted by Gasteiger charge is 2.30. The quantitative estimate of drug-likeness (QED) is 0.512. The zero-order valence-electron chi connectivity index (χ0n) is 7.33. The van der Waals surface area contributed by atoms with Crippen molar-refractivity contribution in [2.75, 3.05) is 20.1 Å². The second kappa shape index (κ2) is 2.91. The van der Waals surface area contributed by atoms with E-state index in [2.05, 4.69) is 4.90 Å². The van der Waals surface area contributed by atoms with Crippen molar-refractivity contribution in [3.05, 3.63) is 0 Å². The van der Waals surface area contributed by atoms with Crippen molar-refractivity contribution in [3.63, 3.8) is 0 Å². The first-order valence-electron chi connectivity index (χ1n) is 3.85. The third kappa shape index (κ3) is 2.27. The summed E-state index contributed by atoms with van der Waals surface area (Å²) in [6.45, 7) is 5.60. The molecule has 64 valence electrons. The van der Waals surface area contributed by atoms with Crippen LogP contribution in [0.3, 0.4) is 0 Å². The lowest BCUT2D eigenvalue weighted by Gasteiger charge is -2.39. The Balaban J connectivity index is 2.57. The van der Waals surface area contributed by atoms with Crippen LogP contribution < -0.4 is 0 Å². The molecule has 0 saturated carbocycles. The number of likely N-dealkylation sites (N-methyl/N-ethyl adjacent to an activating group) is 1. The molecule has 0 amide bonds. The number of carbonyl (C=O) groups excluding carboxylic acids is 1. The van der Waals surface area contributed by atoms with Crippen LogP contribution in [0.2, 0.25) is 0 Å². The van der Waals surface area contributed by atoms with Crippen LogP contribution in [0.1, 0.15) is 13.8 Å². The topological polar surface area (TPSA) is 29.5 Å². The molecule has 1 heterocycles. The van der Waals surface area contributed by atoms with Crippen molar-refractivity contribution < 1.29 is 9.53 Å². The third-order valence-electron chi connectivity index (χ3n) is 1.76. The maximum absolute atomic E-state index is 10.4. The largest absolute Gasteiger partial charge is 0.362 e. The predicted molar refractivity (Wildman–Crippen MR) is 42.5 cm³/mol.